The molecule has 1 saturated heterocycles. The second-order valence-electron chi connectivity index (χ2n) is 6.77. The number of amides is 1. The highest BCUT2D eigenvalue weighted by Crippen LogP contribution is 2.25. The van der Waals surface area contributed by atoms with Crippen molar-refractivity contribution in [2.45, 2.75) is 12.8 Å². The van der Waals surface area contributed by atoms with Gasteiger partial charge in [0, 0.05) is 19.2 Å². The van der Waals surface area contributed by atoms with E-state index in [9.17, 15) is 13.6 Å². The Balaban J connectivity index is 1.49. The summed E-state index contributed by atoms with van der Waals surface area (Å²) in [5, 5.41) is 7.59. The van der Waals surface area contributed by atoms with E-state index in [0.29, 0.717) is 30.6 Å². The van der Waals surface area contributed by atoms with E-state index < -0.39 is 11.6 Å². The summed E-state index contributed by atoms with van der Waals surface area (Å²) in [6.07, 6.45) is 4.46. The number of likely N-dealkylation sites (tertiary alicyclic amines) is 1. The fraction of sp³-hybridized carbons (Fsp3) is 0.250. The van der Waals surface area contributed by atoms with Crippen molar-refractivity contribution >= 4 is 5.91 Å². The Bertz CT molecular complexity index is 938. The molecule has 3 aromatic rings. The van der Waals surface area contributed by atoms with Crippen molar-refractivity contribution in [2.75, 3.05) is 13.1 Å². The van der Waals surface area contributed by atoms with Crippen molar-refractivity contribution in [3.8, 4) is 5.69 Å². The summed E-state index contributed by atoms with van der Waals surface area (Å²) < 4.78 is 28.5. The minimum atomic E-state index is -0.571. The molecule has 27 heavy (non-hydrogen) atoms. The highest BCUT2D eigenvalue weighted by Gasteiger charge is 2.28. The zero-order valence-electron chi connectivity index (χ0n) is 14.6. The first-order valence-corrected chi connectivity index (χ1v) is 8.78. The zero-order valence-corrected chi connectivity index (χ0v) is 14.6. The smallest absolute Gasteiger partial charge is 0.255 e. The molecule has 1 fully saturated rings. The van der Waals surface area contributed by atoms with Crippen LogP contribution in [-0.2, 0) is 6.42 Å². The van der Waals surface area contributed by atoms with E-state index in [-0.39, 0.29) is 11.8 Å². The standard InChI is InChI=1S/C20H18F2N4O/c21-16-8-15(9-17(22)10-16)7-14-5-6-25(11-14)20(27)18-3-1-2-4-19(18)26-12-23-24-13-26/h1-4,8-10,12-14H,5-7,11H2. The summed E-state index contributed by atoms with van der Waals surface area (Å²) in [5.74, 6) is -1.03. The lowest BCUT2D eigenvalue weighted by molar-refractivity contribution is 0.0787. The Morgan fingerprint density at radius 1 is 1.07 bits per heavy atom. The maximum atomic E-state index is 13.4. The van der Waals surface area contributed by atoms with Gasteiger partial charge in [0.2, 0.25) is 0 Å². The monoisotopic (exact) mass is 368 g/mol. The molecule has 0 bridgehead atoms. The van der Waals surface area contributed by atoms with Crippen LogP contribution in [0.25, 0.3) is 5.69 Å². The SMILES string of the molecule is O=C(c1ccccc1-n1cnnc1)N1CCC(Cc2cc(F)cc(F)c2)C1. The molecule has 2 heterocycles. The number of halogens is 2. The molecule has 7 heteroatoms. The summed E-state index contributed by atoms with van der Waals surface area (Å²) in [6.45, 7) is 1.19. The molecule has 1 amide bonds. The van der Waals surface area contributed by atoms with E-state index in [2.05, 4.69) is 10.2 Å². The van der Waals surface area contributed by atoms with Gasteiger partial charge in [-0.2, -0.15) is 0 Å². The largest absolute Gasteiger partial charge is 0.338 e. The molecule has 0 aliphatic carbocycles. The first kappa shape index (κ1) is 17.3. The summed E-state index contributed by atoms with van der Waals surface area (Å²) >= 11 is 0. The average Bonchev–Trinajstić information content (AvgIpc) is 3.32. The Labute approximate surface area is 155 Å². The van der Waals surface area contributed by atoms with Crippen LogP contribution in [0.3, 0.4) is 0 Å². The predicted octanol–water partition coefficient (Wildman–Crippen LogP) is 3.25. The molecule has 0 spiro atoms. The van der Waals surface area contributed by atoms with Gasteiger partial charge in [-0.15, -0.1) is 10.2 Å². The van der Waals surface area contributed by atoms with Crippen LogP contribution in [0, 0.1) is 17.6 Å². The third kappa shape index (κ3) is 3.72. The Kier molecular flexibility index (Phi) is 4.66. The molecule has 138 valence electrons. The fourth-order valence-electron chi connectivity index (χ4n) is 3.62. The minimum absolute atomic E-state index is 0.0628. The van der Waals surface area contributed by atoms with Crippen LogP contribution >= 0.6 is 0 Å². The maximum Gasteiger partial charge on any atom is 0.255 e. The number of rotatable bonds is 4. The molecule has 0 saturated carbocycles. The third-order valence-electron chi connectivity index (χ3n) is 4.85. The van der Waals surface area contributed by atoms with Gasteiger partial charge in [0.05, 0.1) is 11.3 Å². The van der Waals surface area contributed by atoms with Gasteiger partial charge in [0.15, 0.2) is 0 Å². The van der Waals surface area contributed by atoms with Crippen LogP contribution in [-0.4, -0.2) is 38.7 Å². The molecule has 1 unspecified atom stereocenters. The van der Waals surface area contributed by atoms with Crippen molar-refractivity contribution in [2.24, 2.45) is 5.92 Å². The number of carbonyl (C=O) groups is 1. The van der Waals surface area contributed by atoms with Crippen LogP contribution in [0.2, 0.25) is 0 Å². The Hall–Kier alpha value is -3.09. The molecular formula is C20H18F2N4O. The minimum Gasteiger partial charge on any atom is -0.338 e. The average molecular weight is 368 g/mol. The van der Waals surface area contributed by atoms with Crippen LogP contribution in [0.4, 0.5) is 8.78 Å². The quantitative estimate of drug-likeness (QED) is 0.710. The van der Waals surface area contributed by atoms with Crippen molar-refractivity contribution in [1.29, 1.82) is 0 Å². The van der Waals surface area contributed by atoms with E-state index in [1.807, 2.05) is 18.2 Å². The molecule has 4 rings (SSSR count). The zero-order chi connectivity index (χ0) is 18.8. The van der Waals surface area contributed by atoms with Gasteiger partial charge in [0.1, 0.15) is 24.3 Å². The number of aromatic nitrogens is 3. The maximum absolute atomic E-state index is 13.4. The molecule has 1 aliphatic rings. The van der Waals surface area contributed by atoms with Crippen molar-refractivity contribution < 1.29 is 13.6 Å². The molecular weight excluding hydrogens is 350 g/mol. The van der Waals surface area contributed by atoms with Crippen LogP contribution in [0.1, 0.15) is 22.3 Å². The van der Waals surface area contributed by atoms with Gasteiger partial charge in [-0.3, -0.25) is 9.36 Å². The van der Waals surface area contributed by atoms with Crippen molar-refractivity contribution in [3.63, 3.8) is 0 Å². The molecule has 0 N–H and O–H groups in total. The molecule has 1 atom stereocenters. The van der Waals surface area contributed by atoms with E-state index >= 15 is 0 Å². The fourth-order valence-corrected chi connectivity index (χ4v) is 3.62. The lowest BCUT2D eigenvalue weighted by Gasteiger charge is -2.19. The van der Waals surface area contributed by atoms with Gasteiger partial charge in [-0.1, -0.05) is 12.1 Å². The Morgan fingerprint density at radius 2 is 1.78 bits per heavy atom. The third-order valence-corrected chi connectivity index (χ3v) is 4.85. The number of hydrogen-bond acceptors (Lipinski definition) is 3. The van der Waals surface area contributed by atoms with Crippen LogP contribution in [0.5, 0.6) is 0 Å². The summed E-state index contributed by atoms with van der Waals surface area (Å²) in [5.41, 5.74) is 1.93. The Morgan fingerprint density at radius 3 is 2.52 bits per heavy atom. The van der Waals surface area contributed by atoms with Crippen molar-refractivity contribution in [1.82, 2.24) is 19.7 Å². The van der Waals surface area contributed by atoms with Gasteiger partial charge in [-0.05, 0) is 48.6 Å². The van der Waals surface area contributed by atoms with Gasteiger partial charge < -0.3 is 4.90 Å². The second-order valence-corrected chi connectivity index (χ2v) is 6.77. The van der Waals surface area contributed by atoms with E-state index in [1.54, 1.807) is 28.2 Å². The molecule has 2 aromatic carbocycles. The molecule has 1 aromatic heterocycles. The van der Waals surface area contributed by atoms with Gasteiger partial charge >= 0.3 is 0 Å². The predicted molar refractivity (Wildman–Crippen MR) is 95.4 cm³/mol. The highest BCUT2D eigenvalue weighted by molar-refractivity contribution is 5.98. The normalized spacial score (nSPS) is 16.7. The van der Waals surface area contributed by atoms with E-state index in [0.717, 1.165) is 18.2 Å². The van der Waals surface area contributed by atoms with E-state index in [4.69, 9.17) is 0 Å². The van der Waals surface area contributed by atoms with Gasteiger partial charge in [0.25, 0.3) is 5.91 Å². The molecule has 5 nitrogen and oxygen atoms in total. The van der Waals surface area contributed by atoms with Crippen molar-refractivity contribution in [3.05, 3.63) is 77.9 Å². The summed E-state index contributed by atoms with van der Waals surface area (Å²) in [4.78, 5) is 14.8. The first-order valence-electron chi connectivity index (χ1n) is 8.78. The lowest BCUT2D eigenvalue weighted by Crippen LogP contribution is -2.29. The van der Waals surface area contributed by atoms with Crippen LogP contribution in [0.15, 0.2) is 55.1 Å². The first-order chi connectivity index (χ1) is 13.1. The topological polar surface area (TPSA) is 51.0 Å². The van der Waals surface area contributed by atoms with E-state index in [1.165, 1.54) is 12.1 Å². The number of benzene rings is 2. The number of hydrogen-bond donors (Lipinski definition) is 0. The summed E-state index contributed by atoms with van der Waals surface area (Å²) in [7, 11) is 0. The summed E-state index contributed by atoms with van der Waals surface area (Å²) in [6, 6.07) is 10.9. The highest BCUT2D eigenvalue weighted by atomic mass is 19.1. The number of carbonyl (C=O) groups excluding carboxylic acids is 1. The second kappa shape index (κ2) is 7.26. The lowest BCUT2D eigenvalue weighted by atomic mass is 9.98. The van der Waals surface area contributed by atoms with Gasteiger partial charge in [-0.25, -0.2) is 8.78 Å². The molecule has 1 aliphatic heterocycles. The number of para-hydroxylation sites is 1. The molecule has 0 radical (unpaired) electrons. The number of nitrogens with zero attached hydrogens (tertiary/aromatic N) is 4. The van der Waals surface area contributed by atoms with Crippen LogP contribution < -0.4 is 0 Å².